The smallest absolute Gasteiger partial charge is 0.277 e. The maximum atomic E-state index is 13.4. The molecule has 18 heteroatoms. The Bertz CT molecular complexity index is 1350. The summed E-state index contributed by atoms with van der Waals surface area (Å²) in [6, 6.07) is -2.06. The van der Waals surface area contributed by atoms with E-state index in [0.29, 0.717) is 12.5 Å². The van der Waals surface area contributed by atoms with E-state index in [-0.39, 0.29) is 30.6 Å². The van der Waals surface area contributed by atoms with Crippen molar-refractivity contribution in [1.29, 1.82) is 0 Å². The zero-order valence-electron chi connectivity index (χ0n) is 28.2. The van der Waals surface area contributed by atoms with E-state index in [1.165, 1.54) is 6.92 Å². The maximum Gasteiger partial charge on any atom is 0.277 e. The van der Waals surface area contributed by atoms with Crippen LogP contribution in [0.2, 0.25) is 0 Å². The number of rotatable bonds is 19. The van der Waals surface area contributed by atoms with Crippen molar-refractivity contribution < 1.29 is 38.6 Å². The highest BCUT2D eigenvalue weighted by Gasteiger charge is 2.31. The van der Waals surface area contributed by atoms with Crippen LogP contribution in [0.4, 0.5) is 11.4 Å². The topological polar surface area (TPSA) is 275 Å². The summed E-state index contributed by atoms with van der Waals surface area (Å²) in [6.07, 6.45) is 0.529. The Morgan fingerprint density at radius 2 is 1.08 bits per heavy atom. The first kappa shape index (κ1) is 40.9. The van der Waals surface area contributed by atoms with Crippen molar-refractivity contribution in [2.75, 3.05) is 6.54 Å². The van der Waals surface area contributed by atoms with Gasteiger partial charge in [0.15, 0.2) is 0 Å². The lowest BCUT2D eigenvalue weighted by molar-refractivity contribution is -0.394. The largest absolute Gasteiger partial charge is 0.368 e. The first-order chi connectivity index (χ1) is 22.2. The van der Waals surface area contributed by atoms with Crippen molar-refractivity contribution in [2.24, 2.45) is 23.5 Å². The molecule has 0 heterocycles. The molecule has 6 amide bonds. The molecule has 0 fully saturated rings. The lowest BCUT2D eigenvalue weighted by Gasteiger charge is -2.26. The van der Waals surface area contributed by atoms with Crippen LogP contribution >= 0.6 is 0 Å². The second kappa shape index (κ2) is 18.9. The Morgan fingerprint density at radius 1 is 0.646 bits per heavy atom. The van der Waals surface area contributed by atoms with E-state index in [2.05, 4.69) is 26.6 Å². The molecule has 0 aromatic heterocycles. The van der Waals surface area contributed by atoms with E-state index in [1.54, 1.807) is 27.7 Å². The van der Waals surface area contributed by atoms with Crippen molar-refractivity contribution in [3.8, 4) is 0 Å². The van der Waals surface area contributed by atoms with Crippen LogP contribution in [0.5, 0.6) is 0 Å². The number of hydrogen-bond acceptors (Lipinski definition) is 10. The Morgan fingerprint density at radius 3 is 1.52 bits per heavy atom. The van der Waals surface area contributed by atoms with Crippen LogP contribution in [0.25, 0.3) is 0 Å². The summed E-state index contributed by atoms with van der Waals surface area (Å²) >= 11 is 0. The summed E-state index contributed by atoms with van der Waals surface area (Å²) < 4.78 is 0. The van der Waals surface area contributed by atoms with Crippen LogP contribution in [0.15, 0.2) is 18.2 Å². The molecule has 4 atom stereocenters. The van der Waals surface area contributed by atoms with Gasteiger partial charge in [-0.2, -0.15) is 0 Å². The molecule has 18 nitrogen and oxygen atoms in total. The Kier molecular flexibility index (Phi) is 16.1. The third-order valence-corrected chi connectivity index (χ3v) is 6.82. The second-order valence-corrected chi connectivity index (χ2v) is 12.7. The number of benzene rings is 1. The van der Waals surface area contributed by atoms with E-state index < -0.39 is 92.9 Å². The minimum absolute atomic E-state index is 0.0700. The van der Waals surface area contributed by atoms with Crippen molar-refractivity contribution in [1.82, 2.24) is 26.6 Å². The predicted molar refractivity (Wildman–Crippen MR) is 173 cm³/mol. The van der Waals surface area contributed by atoms with Gasteiger partial charge in [0, 0.05) is 12.1 Å². The summed E-state index contributed by atoms with van der Waals surface area (Å²) in [7, 11) is 0. The number of nitro benzene ring substituents is 2. The summed E-state index contributed by atoms with van der Waals surface area (Å²) in [5.41, 5.74) is 3.54. The average molecular weight is 679 g/mol. The highest BCUT2D eigenvalue weighted by molar-refractivity contribution is 5.99. The molecule has 0 aliphatic rings. The molecule has 48 heavy (non-hydrogen) atoms. The average Bonchev–Trinajstić information content (AvgIpc) is 2.97. The Balaban J connectivity index is 3.03. The fourth-order valence-corrected chi connectivity index (χ4v) is 4.52. The molecule has 0 unspecified atom stereocenters. The van der Waals surface area contributed by atoms with E-state index in [4.69, 9.17) is 5.73 Å². The van der Waals surface area contributed by atoms with Gasteiger partial charge in [-0.25, -0.2) is 0 Å². The number of hydrogen-bond donors (Lipinski definition) is 6. The molecule has 0 aliphatic heterocycles. The van der Waals surface area contributed by atoms with Crippen LogP contribution < -0.4 is 32.3 Å². The third kappa shape index (κ3) is 14.1. The van der Waals surface area contributed by atoms with Crippen LogP contribution in [0.1, 0.15) is 78.1 Å². The van der Waals surface area contributed by atoms with Gasteiger partial charge >= 0.3 is 0 Å². The standard InChI is InChI=1S/C30H46N8O10/c1-15(2)8-22(26(31)40)34-25(39)14-32-27(41)18(7)33-29(43)23(9-16(3)4)36-30(44)24(10-17(5)6)35-28(42)19-11-20(37(45)46)13-21(12-19)38(47)48/h11-13,15-18,22-24H,8-10,14H2,1-7H3,(H2,31,40)(H,32,41)(H,33,43)(H,34,39)(H,35,42)(H,36,44)/t18-,22-,23-,24-/m0/s1. The van der Waals surface area contributed by atoms with Gasteiger partial charge in [-0.1, -0.05) is 41.5 Å². The number of nitrogens with one attached hydrogen (secondary N) is 5. The molecule has 0 saturated heterocycles. The number of nitrogens with zero attached hydrogens (tertiary/aromatic N) is 2. The third-order valence-electron chi connectivity index (χ3n) is 6.82. The number of primary amides is 1. The molecule has 0 bridgehead atoms. The second-order valence-electron chi connectivity index (χ2n) is 12.7. The van der Waals surface area contributed by atoms with Crippen molar-refractivity contribution >= 4 is 46.8 Å². The fourth-order valence-electron chi connectivity index (χ4n) is 4.52. The van der Waals surface area contributed by atoms with Gasteiger partial charge in [-0.3, -0.25) is 49.0 Å². The van der Waals surface area contributed by atoms with Gasteiger partial charge in [0.2, 0.25) is 29.5 Å². The van der Waals surface area contributed by atoms with Crippen molar-refractivity contribution in [3.05, 3.63) is 44.0 Å². The lowest BCUT2D eigenvalue weighted by Crippen LogP contribution is -2.57. The van der Waals surface area contributed by atoms with Gasteiger partial charge in [0.1, 0.15) is 24.2 Å². The number of carbonyl (C=O) groups is 6. The quantitative estimate of drug-likeness (QED) is 0.0885. The SMILES string of the molecule is CC(C)C[C@H](NC(=O)CNC(=O)[C@H](C)NC(=O)[C@H](CC(C)C)NC(=O)[C@H](CC(C)C)NC(=O)c1cc([N+](=O)[O-])cc([N+](=O)[O-])c1)C(N)=O. The number of amides is 6. The van der Waals surface area contributed by atoms with Gasteiger partial charge in [-0.05, 0) is 43.9 Å². The molecule has 1 aromatic rings. The zero-order chi connectivity index (χ0) is 36.9. The molecule has 0 radical (unpaired) electrons. The van der Waals surface area contributed by atoms with Crippen LogP contribution in [-0.4, -0.2) is 76.0 Å². The van der Waals surface area contributed by atoms with Gasteiger partial charge in [-0.15, -0.1) is 0 Å². The molecule has 1 rings (SSSR count). The molecule has 0 spiro atoms. The monoisotopic (exact) mass is 678 g/mol. The van der Waals surface area contributed by atoms with Gasteiger partial charge in [0.25, 0.3) is 17.3 Å². The predicted octanol–water partition coefficient (Wildman–Crippen LogP) is 0.816. The number of nitro groups is 2. The minimum atomic E-state index is -1.24. The van der Waals surface area contributed by atoms with E-state index in [9.17, 15) is 49.0 Å². The summed E-state index contributed by atoms with van der Waals surface area (Å²) in [5, 5.41) is 34.9. The van der Waals surface area contributed by atoms with E-state index in [0.717, 1.165) is 12.1 Å². The Hall–Kier alpha value is -5.16. The number of non-ortho nitro benzene ring substituents is 2. The van der Waals surface area contributed by atoms with Gasteiger partial charge < -0.3 is 32.3 Å². The molecular formula is C30H46N8O10. The van der Waals surface area contributed by atoms with Crippen molar-refractivity contribution in [2.45, 2.75) is 91.9 Å². The normalized spacial score (nSPS) is 13.5. The molecule has 0 saturated carbocycles. The van der Waals surface area contributed by atoms with Gasteiger partial charge in [0.05, 0.1) is 28.0 Å². The maximum absolute atomic E-state index is 13.4. The molecule has 0 aliphatic carbocycles. The molecule has 266 valence electrons. The Labute approximate surface area is 278 Å². The zero-order valence-corrected chi connectivity index (χ0v) is 28.2. The fraction of sp³-hybridized carbons (Fsp3) is 0.600. The van der Waals surface area contributed by atoms with Crippen LogP contribution in [0, 0.1) is 38.0 Å². The molecule has 7 N–H and O–H groups in total. The molecular weight excluding hydrogens is 632 g/mol. The van der Waals surface area contributed by atoms with E-state index in [1.807, 2.05) is 13.8 Å². The first-order valence-corrected chi connectivity index (χ1v) is 15.4. The highest BCUT2D eigenvalue weighted by atomic mass is 16.6. The summed E-state index contributed by atoms with van der Waals surface area (Å²) in [4.78, 5) is 97.0. The highest BCUT2D eigenvalue weighted by Crippen LogP contribution is 2.23. The summed E-state index contributed by atoms with van der Waals surface area (Å²) in [6.45, 7) is 11.7. The van der Waals surface area contributed by atoms with Crippen LogP contribution in [-0.2, 0) is 24.0 Å². The number of nitrogens with two attached hydrogens (primary N) is 1. The van der Waals surface area contributed by atoms with Crippen LogP contribution in [0.3, 0.4) is 0 Å². The minimum Gasteiger partial charge on any atom is -0.368 e. The first-order valence-electron chi connectivity index (χ1n) is 15.4. The number of carbonyl (C=O) groups excluding carboxylic acids is 6. The lowest BCUT2D eigenvalue weighted by atomic mass is 9.99. The van der Waals surface area contributed by atoms with Crippen molar-refractivity contribution in [3.63, 3.8) is 0 Å². The van der Waals surface area contributed by atoms with E-state index >= 15 is 0 Å². The summed E-state index contributed by atoms with van der Waals surface area (Å²) in [5.74, 6) is -4.75. The molecule has 1 aromatic carbocycles.